The van der Waals surface area contributed by atoms with Crippen LogP contribution in [0.4, 0.5) is 0 Å². The van der Waals surface area contributed by atoms with Gasteiger partial charge in [0.2, 0.25) is 10.0 Å². The van der Waals surface area contributed by atoms with Crippen molar-refractivity contribution in [2.24, 2.45) is 5.92 Å². The van der Waals surface area contributed by atoms with Crippen molar-refractivity contribution in [2.75, 3.05) is 19.7 Å². The molecule has 7 heteroatoms. The van der Waals surface area contributed by atoms with Gasteiger partial charge in [0.05, 0.1) is 18.0 Å². The van der Waals surface area contributed by atoms with Gasteiger partial charge < -0.3 is 4.74 Å². The molecule has 2 aromatic rings. The standard InChI is InChI=1S/C21H31N3O3S/c1-16-9-12-23(13-10-16)28(25,26)21-18(3)22-24(19(21)4)11-6-14-27-20-8-5-7-17(2)15-20/h5,7-8,15-16H,6,9-14H2,1-4H3. The van der Waals surface area contributed by atoms with Gasteiger partial charge in [-0.1, -0.05) is 19.1 Å². The number of nitrogens with zero attached hydrogens (tertiary/aromatic N) is 3. The van der Waals surface area contributed by atoms with Gasteiger partial charge >= 0.3 is 0 Å². The summed E-state index contributed by atoms with van der Waals surface area (Å²) < 4.78 is 35.5. The van der Waals surface area contributed by atoms with Crippen LogP contribution in [0.5, 0.6) is 5.75 Å². The predicted molar refractivity (Wildman–Crippen MR) is 110 cm³/mol. The molecule has 1 saturated heterocycles. The van der Waals surface area contributed by atoms with Crippen LogP contribution < -0.4 is 4.74 Å². The first-order chi connectivity index (χ1) is 13.3. The molecule has 0 radical (unpaired) electrons. The molecule has 0 N–H and O–H groups in total. The summed E-state index contributed by atoms with van der Waals surface area (Å²) in [6, 6.07) is 7.96. The van der Waals surface area contributed by atoms with Crippen LogP contribution in [0.1, 0.15) is 43.1 Å². The highest BCUT2D eigenvalue weighted by atomic mass is 32.2. The first-order valence-electron chi connectivity index (χ1n) is 10.0. The van der Waals surface area contributed by atoms with Crippen LogP contribution in [0.3, 0.4) is 0 Å². The SMILES string of the molecule is Cc1cccc(OCCCn2nc(C)c(S(=O)(=O)N3CCC(C)CC3)c2C)c1. The number of piperidine rings is 1. The van der Waals surface area contributed by atoms with E-state index in [9.17, 15) is 8.42 Å². The third kappa shape index (κ3) is 4.58. The summed E-state index contributed by atoms with van der Waals surface area (Å²) in [5.74, 6) is 1.45. The molecule has 28 heavy (non-hydrogen) atoms. The van der Waals surface area contributed by atoms with Gasteiger partial charge in [0, 0.05) is 26.1 Å². The molecule has 6 nitrogen and oxygen atoms in total. The third-order valence-electron chi connectivity index (χ3n) is 5.43. The molecule has 1 aliphatic rings. The Kier molecular flexibility index (Phi) is 6.45. The molecule has 0 amide bonds. The van der Waals surface area contributed by atoms with Crippen molar-refractivity contribution in [1.82, 2.24) is 14.1 Å². The van der Waals surface area contributed by atoms with Gasteiger partial charge in [-0.05, 0) is 57.2 Å². The lowest BCUT2D eigenvalue weighted by molar-refractivity contribution is 0.287. The van der Waals surface area contributed by atoms with Crippen LogP contribution in [0.2, 0.25) is 0 Å². The summed E-state index contributed by atoms with van der Waals surface area (Å²) in [6.07, 6.45) is 2.60. The number of aryl methyl sites for hydroxylation is 3. The first-order valence-corrected chi connectivity index (χ1v) is 11.5. The second-order valence-electron chi connectivity index (χ2n) is 7.83. The maximum Gasteiger partial charge on any atom is 0.246 e. The largest absolute Gasteiger partial charge is 0.494 e. The van der Waals surface area contributed by atoms with Crippen LogP contribution in [0, 0.1) is 26.7 Å². The molecule has 0 aliphatic carbocycles. The zero-order chi connectivity index (χ0) is 20.3. The lowest BCUT2D eigenvalue weighted by Gasteiger charge is -2.29. The van der Waals surface area contributed by atoms with Gasteiger partial charge in [-0.2, -0.15) is 9.40 Å². The van der Waals surface area contributed by atoms with Gasteiger partial charge in [-0.25, -0.2) is 8.42 Å². The molecule has 1 aromatic heterocycles. The van der Waals surface area contributed by atoms with Gasteiger partial charge in [-0.15, -0.1) is 0 Å². The highest BCUT2D eigenvalue weighted by Crippen LogP contribution is 2.27. The summed E-state index contributed by atoms with van der Waals surface area (Å²) in [5, 5.41) is 4.50. The smallest absolute Gasteiger partial charge is 0.246 e. The molecule has 0 saturated carbocycles. The monoisotopic (exact) mass is 405 g/mol. The minimum Gasteiger partial charge on any atom is -0.494 e. The molecule has 154 valence electrons. The number of rotatable bonds is 7. The van der Waals surface area contributed by atoms with E-state index in [-0.39, 0.29) is 0 Å². The molecule has 0 atom stereocenters. The van der Waals surface area contributed by atoms with E-state index in [0.717, 1.165) is 30.6 Å². The Balaban J connectivity index is 1.64. The van der Waals surface area contributed by atoms with E-state index in [0.29, 0.717) is 48.4 Å². The fraction of sp³-hybridized carbons (Fsp3) is 0.571. The van der Waals surface area contributed by atoms with Gasteiger partial charge in [0.1, 0.15) is 10.6 Å². The normalized spacial score (nSPS) is 16.4. The Morgan fingerprint density at radius 3 is 2.57 bits per heavy atom. The topological polar surface area (TPSA) is 64.4 Å². The van der Waals surface area contributed by atoms with Crippen LogP contribution in [-0.4, -0.2) is 42.2 Å². The van der Waals surface area contributed by atoms with E-state index < -0.39 is 10.0 Å². The molecule has 0 spiro atoms. The fourth-order valence-electron chi connectivity index (χ4n) is 3.74. The molecule has 0 bridgehead atoms. The summed E-state index contributed by atoms with van der Waals surface area (Å²) in [6.45, 7) is 10.2. The lowest BCUT2D eigenvalue weighted by Crippen LogP contribution is -2.38. The number of benzene rings is 1. The van der Waals surface area contributed by atoms with E-state index in [1.165, 1.54) is 0 Å². The second-order valence-corrected chi connectivity index (χ2v) is 9.70. The summed E-state index contributed by atoms with van der Waals surface area (Å²) in [7, 11) is -3.49. The Morgan fingerprint density at radius 2 is 1.89 bits per heavy atom. The van der Waals surface area contributed by atoms with Crippen LogP contribution in [-0.2, 0) is 16.6 Å². The quantitative estimate of drug-likeness (QED) is 0.659. The molecule has 2 heterocycles. The number of hydrogen-bond acceptors (Lipinski definition) is 4. The zero-order valence-corrected chi connectivity index (χ0v) is 18.1. The lowest BCUT2D eigenvalue weighted by atomic mass is 10.0. The average molecular weight is 406 g/mol. The van der Waals surface area contributed by atoms with Crippen molar-refractivity contribution in [2.45, 2.75) is 58.4 Å². The van der Waals surface area contributed by atoms with E-state index in [4.69, 9.17) is 4.74 Å². The zero-order valence-electron chi connectivity index (χ0n) is 17.3. The van der Waals surface area contributed by atoms with E-state index in [1.807, 2.05) is 38.1 Å². The van der Waals surface area contributed by atoms with Crippen molar-refractivity contribution in [3.05, 3.63) is 41.2 Å². The first kappa shape index (κ1) is 20.9. The van der Waals surface area contributed by atoms with Crippen LogP contribution >= 0.6 is 0 Å². The summed E-state index contributed by atoms with van der Waals surface area (Å²) in [4.78, 5) is 0.377. The number of sulfonamides is 1. The number of aromatic nitrogens is 2. The molecule has 3 rings (SSSR count). The Bertz CT molecular complexity index is 913. The predicted octanol–water partition coefficient (Wildman–Crippen LogP) is 3.70. The van der Waals surface area contributed by atoms with Crippen molar-refractivity contribution in [3.63, 3.8) is 0 Å². The van der Waals surface area contributed by atoms with E-state index >= 15 is 0 Å². The third-order valence-corrected chi connectivity index (χ3v) is 7.58. The van der Waals surface area contributed by atoms with Crippen molar-refractivity contribution in [1.29, 1.82) is 0 Å². The minimum atomic E-state index is -3.49. The maximum atomic E-state index is 13.1. The molecular weight excluding hydrogens is 374 g/mol. The Labute approximate surface area is 168 Å². The second kappa shape index (κ2) is 8.66. The average Bonchev–Trinajstić information content (AvgIpc) is 2.93. The fourth-order valence-corrected chi connectivity index (χ4v) is 5.58. The molecular formula is C21H31N3O3S. The highest BCUT2D eigenvalue weighted by Gasteiger charge is 2.32. The number of ether oxygens (including phenoxy) is 1. The minimum absolute atomic E-state index is 0.377. The van der Waals surface area contributed by atoms with Crippen molar-refractivity contribution in [3.8, 4) is 5.75 Å². The Hall–Kier alpha value is -1.86. The van der Waals surface area contributed by atoms with Gasteiger partial charge in [0.25, 0.3) is 0 Å². The summed E-state index contributed by atoms with van der Waals surface area (Å²) in [5.41, 5.74) is 2.46. The molecule has 1 aliphatic heterocycles. The molecule has 1 fully saturated rings. The summed E-state index contributed by atoms with van der Waals surface area (Å²) >= 11 is 0. The van der Waals surface area contributed by atoms with Gasteiger partial charge in [-0.3, -0.25) is 4.68 Å². The van der Waals surface area contributed by atoms with Crippen LogP contribution in [0.15, 0.2) is 29.2 Å². The molecule has 1 aromatic carbocycles. The highest BCUT2D eigenvalue weighted by molar-refractivity contribution is 7.89. The van der Waals surface area contributed by atoms with Gasteiger partial charge in [0.15, 0.2) is 0 Å². The van der Waals surface area contributed by atoms with E-state index in [2.05, 4.69) is 12.0 Å². The van der Waals surface area contributed by atoms with Crippen molar-refractivity contribution >= 4 is 10.0 Å². The van der Waals surface area contributed by atoms with Crippen molar-refractivity contribution < 1.29 is 13.2 Å². The van der Waals surface area contributed by atoms with Crippen LogP contribution in [0.25, 0.3) is 0 Å². The Morgan fingerprint density at radius 1 is 1.18 bits per heavy atom. The van der Waals surface area contributed by atoms with E-state index in [1.54, 1.807) is 15.9 Å². The number of hydrogen-bond donors (Lipinski definition) is 0. The molecule has 0 unspecified atom stereocenters. The maximum absolute atomic E-state index is 13.1.